The summed E-state index contributed by atoms with van der Waals surface area (Å²) in [5.74, 6) is 0.629. The molecule has 5 nitrogen and oxygen atoms in total. The average Bonchev–Trinajstić information content (AvgIpc) is 2.92. The molecule has 0 radical (unpaired) electrons. The number of rotatable bonds is 5. The van der Waals surface area contributed by atoms with E-state index < -0.39 is 10.0 Å². The van der Waals surface area contributed by atoms with Gasteiger partial charge < -0.3 is 4.98 Å². The summed E-state index contributed by atoms with van der Waals surface area (Å²) in [6.45, 7) is 8.34. The van der Waals surface area contributed by atoms with Gasteiger partial charge in [0, 0.05) is 0 Å². The summed E-state index contributed by atoms with van der Waals surface area (Å²) in [7, 11) is -3.63. The largest absolute Gasteiger partial charge is 0.334 e. The van der Waals surface area contributed by atoms with Crippen molar-refractivity contribution in [3.63, 3.8) is 0 Å². The Morgan fingerprint density at radius 2 is 1.86 bits per heavy atom. The zero-order chi connectivity index (χ0) is 15.6. The van der Waals surface area contributed by atoms with Crippen LogP contribution < -0.4 is 4.72 Å². The van der Waals surface area contributed by atoms with E-state index in [-0.39, 0.29) is 10.9 Å². The van der Waals surface area contributed by atoms with Crippen molar-refractivity contribution in [2.75, 3.05) is 4.72 Å². The van der Waals surface area contributed by atoms with Gasteiger partial charge in [-0.1, -0.05) is 39.8 Å². The molecule has 1 heterocycles. The van der Waals surface area contributed by atoms with Gasteiger partial charge in [0.15, 0.2) is 5.03 Å². The molecule has 6 heteroatoms. The van der Waals surface area contributed by atoms with E-state index in [4.69, 9.17) is 0 Å². The zero-order valence-corrected chi connectivity index (χ0v) is 13.5. The summed E-state index contributed by atoms with van der Waals surface area (Å²) < 4.78 is 27.2. The predicted octanol–water partition coefficient (Wildman–Crippen LogP) is 3.46. The number of benzene rings is 1. The van der Waals surface area contributed by atoms with Crippen LogP contribution in [0, 0.1) is 0 Å². The van der Waals surface area contributed by atoms with E-state index in [1.807, 2.05) is 26.0 Å². The number of imidazole rings is 1. The molecule has 21 heavy (non-hydrogen) atoms. The number of sulfonamides is 1. The summed E-state index contributed by atoms with van der Waals surface area (Å²) in [5.41, 5.74) is 2.80. The highest BCUT2D eigenvalue weighted by atomic mass is 32.2. The van der Waals surface area contributed by atoms with Gasteiger partial charge in [-0.3, -0.25) is 4.72 Å². The molecule has 0 unspecified atom stereocenters. The highest BCUT2D eigenvalue weighted by Crippen LogP contribution is 2.29. The monoisotopic (exact) mass is 307 g/mol. The van der Waals surface area contributed by atoms with Gasteiger partial charge in [-0.15, -0.1) is 0 Å². The van der Waals surface area contributed by atoms with Crippen molar-refractivity contribution >= 4 is 15.7 Å². The molecule has 0 saturated carbocycles. The molecule has 1 aromatic carbocycles. The molecular formula is C15H21N3O2S. The molecule has 1 aromatic heterocycles. The fourth-order valence-corrected chi connectivity index (χ4v) is 3.09. The van der Waals surface area contributed by atoms with Crippen molar-refractivity contribution in [2.24, 2.45) is 0 Å². The maximum absolute atomic E-state index is 12.3. The van der Waals surface area contributed by atoms with Gasteiger partial charge in [0.2, 0.25) is 0 Å². The maximum atomic E-state index is 12.3. The van der Waals surface area contributed by atoms with Crippen molar-refractivity contribution in [1.29, 1.82) is 0 Å². The second-order valence-electron chi connectivity index (χ2n) is 5.68. The number of hydrogen-bond acceptors (Lipinski definition) is 3. The summed E-state index contributed by atoms with van der Waals surface area (Å²) in [5, 5.41) is 0.0603. The summed E-state index contributed by atoms with van der Waals surface area (Å²) in [6, 6.07) is 5.86. The van der Waals surface area contributed by atoms with Crippen LogP contribution in [0.25, 0.3) is 0 Å². The highest BCUT2D eigenvalue weighted by Gasteiger charge is 2.18. The van der Waals surface area contributed by atoms with Gasteiger partial charge in [-0.2, -0.15) is 8.42 Å². The Morgan fingerprint density at radius 1 is 1.14 bits per heavy atom. The Bertz CT molecular complexity index is 705. The number of anilines is 1. The van der Waals surface area contributed by atoms with Crippen LogP contribution in [0.2, 0.25) is 0 Å². The number of H-pyrrole nitrogens is 1. The van der Waals surface area contributed by atoms with Crippen molar-refractivity contribution in [1.82, 2.24) is 9.97 Å². The van der Waals surface area contributed by atoms with Crippen LogP contribution in [0.1, 0.15) is 50.7 Å². The molecule has 0 fully saturated rings. The molecule has 0 aliphatic carbocycles. The summed E-state index contributed by atoms with van der Waals surface area (Å²) >= 11 is 0. The van der Waals surface area contributed by atoms with E-state index in [1.54, 1.807) is 0 Å². The van der Waals surface area contributed by atoms with Crippen LogP contribution in [0.15, 0.2) is 35.7 Å². The minimum atomic E-state index is -3.63. The van der Waals surface area contributed by atoms with Crippen LogP contribution in [0.3, 0.4) is 0 Å². The Labute approximate surface area is 125 Å². The third-order valence-electron chi connectivity index (χ3n) is 3.37. The normalized spacial score (nSPS) is 12.1. The predicted molar refractivity (Wildman–Crippen MR) is 84.0 cm³/mol. The molecule has 0 spiro atoms. The standard InChI is InChI=1S/C15H21N3O2S/c1-10(2)12-5-6-14(13(7-12)11(3)4)18-21(19,20)15-8-16-9-17-15/h5-11,18H,1-4H3,(H,16,17). The van der Waals surface area contributed by atoms with Gasteiger partial charge in [-0.05, 0) is 29.0 Å². The first-order chi connectivity index (χ1) is 9.81. The molecule has 0 atom stereocenters. The molecule has 2 aromatic rings. The van der Waals surface area contributed by atoms with E-state index in [2.05, 4.69) is 34.6 Å². The van der Waals surface area contributed by atoms with E-state index in [0.29, 0.717) is 11.6 Å². The van der Waals surface area contributed by atoms with Crippen molar-refractivity contribution in [2.45, 2.75) is 44.6 Å². The molecule has 2 N–H and O–H groups in total. The third-order valence-corrected chi connectivity index (χ3v) is 4.66. The summed E-state index contributed by atoms with van der Waals surface area (Å²) in [4.78, 5) is 6.36. The lowest BCUT2D eigenvalue weighted by Crippen LogP contribution is -2.15. The second-order valence-corrected chi connectivity index (χ2v) is 7.33. The van der Waals surface area contributed by atoms with Gasteiger partial charge >= 0.3 is 0 Å². The van der Waals surface area contributed by atoms with Crippen LogP contribution in [-0.2, 0) is 10.0 Å². The number of aromatic amines is 1. The number of aromatic nitrogens is 2. The fourth-order valence-electron chi connectivity index (χ4n) is 2.10. The number of nitrogens with one attached hydrogen (secondary N) is 2. The average molecular weight is 307 g/mol. The van der Waals surface area contributed by atoms with Crippen LogP contribution in [0.5, 0.6) is 0 Å². The Hall–Kier alpha value is -1.82. The summed E-state index contributed by atoms with van der Waals surface area (Å²) in [6.07, 6.45) is 2.64. The minimum Gasteiger partial charge on any atom is -0.334 e. The second kappa shape index (κ2) is 5.89. The Kier molecular flexibility index (Phi) is 4.37. The lowest BCUT2D eigenvalue weighted by atomic mass is 9.94. The van der Waals surface area contributed by atoms with Crippen LogP contribution >= 0.6 is 0 Å². The van der Waals surface area contributed by atoms with E-state index in [0.717, 1.165) is 5.56 Å². The fraction of sp³-hybridized carbons (Fsp3) is 0.400. The minimum absolute atomic E-state index is 0.0603. The van der Waals surface area contributed by atoms with E-state index in [9.17, 15) is 8.42 Å². The molecule has 2 rings (SSSR count). The van der Waals surface area contributed by atoms with E-state index in [1.165, 1.54) is 18.1 Å². The number of hydrogen-bond donors (Lipinski definition) is 2. The number of nitrogens with zero attached hydrogens (tertiary/aromatic N) is 1. The molecule has 0 aliphatic rings. The molecule has 0 amide bonds. The van der Waals surface area contributed by atoms with Crippen LogP contribution in [-0.4, -0.2) is 18.4 Å². The van der Waals surface area contributed by atoms with Crippen molar-refractivity contribution in [3.05, 3.63) is 41.9 Å². The van der Waals surface area contributed by atoms with Gasteiger partial charge in [0.1, 0.15) is 0 Å². The van der Waals surface area contributed by atoms with Crippen molar-refractivity contribution < 1.29 is 8.42 Å². The molecule has 114 valence electrons. The molecule has 0 bridgehead atoms. The highest BCUT2D eigenvalue weighted by molar-refractivity contribution is 7.92. The van der Waals surface area contributed by atoms with Gasteiger partial charge in [0.25, 0.3) is 10.0 Å². The SMILES string of the molecule is CC(C)c1ccc(NS(=O)(=O)c2cnc[nH]2)c(C(C)C)c1. The Balaban J connectivity index is 2.40. The van der Waals surface area contributed by atoms with Gasteiger partial charge in [0.05, 0.1) is 18.2 Å². The first-order valence-electron chi connectivity index (χ1n) is 6.96. The van der Waals surface area contributed by atoms with Crippen molar-refractivity contribution in [3.8, 4) is 0 Å². The van der Waals surface area contributed by atoms with Gasteiger partial charge in [-0.25, -0.2) is 4.98 Å². The third kappa shape index (κ3) is 3.44. The van der Waals surface area contributed by atoms with Crippen LogP contribution in [0.4, 0.5) is 5.69 Å². The maximum Gasteiger partial charge on any atom is 0.278 e. The molecule has 0 saturated heterocycles. The smallest absolute Gasteiger partial charge is 0.278 e. The zero-order valence-electron chi connectivity index (χ0n) is 12.7. The topological polar surface area (TPSA) is 74.8 Å². The molecule has 0 aliphatic heterocycles. The first kappa shape index (κ1) is 15.6. The quantitative estimate of drug-likeness (QED) is 0.888. The lowest BCUT2D eigenvalue weighted by molar-refractivity contribution is 0.598. The van der Waals surface area contributed by atoms with E-state index >= 15 is 0 Å². The first-order valence-corrected chi connectivity index (χ1v) is 8.44. The lowest BCUT2D eigenvalue weighted by Gasteiger charge is -2.17. The Morgan fingerprint density at radius 3 is 2.38 bits per heavy atom. The molecular weight excluding hydrogens is 286 g/mol.